The normalized spacial score (nSPS) is 31.5. The molecule has 0 bridgehead atoms. The van der Waals surface area contributed by atoms with Crippen molar-refractivity contribution in [1.82, 2.24) is 5.32 Å². The minimum Gasteiger partial charge on any atom is -0.377 e. The van der Waals surface area contributed by atoms with Gasteiger partial charge in [-0.05, 0) is 37.8 Å². The molecule has 0 aromatic rings. The Morgan fingerprint density at radius 1 is 1.42 bits per heavy atom. The van der Waals surface area contributed by atoms with E-state index in [1.165, 1.54) is 30.8 Å². The molecule has 12 heavy (non-hydrogen) atoms. The first-order chi connectivity index (χ1) is 5.83. The van der Waals surface area contributed by atoms with Gasteiger partial charge < -0.3 is 10.1 Å². The Hall–Kier alpha value is 0.270. The molecule has 1 rings (SSSR count). The van der Waals surface area contributed by atoms with E-state index >= 15 is 0 Å². The standard InChI is InChI=1S/C9H19NOS/c1-10-8-9(11-2)4-3-6-12-7-5-9/h10H,3-8H2,1-2H3. The van der Waals surface area contributed by atoms with Crippen LogP contribution in [0.1, 0.15) is 19.3 Å². The first-order valence-electron chi connectivity index (χ1n) is 4.60. The van der Waals surface area contributed by atoms with Crippen LogP contribution in [0.2, 0.25) is 0 Å². The van der Waals surface area contributed by atoms with Crippen molar-refractivity contribution in [2.45, 2.75) is 24.9 Å². The van der Waals surface area contributed by atoms with Crippen LogP contribution in [0.25, 0.3) is 0 Å². The van der Waals surface area contributed by atoms with Gasteiger partial charge in [0.1, 0.15) is 0 Å². The molecule has 0 aromatic carbocycles. The van der Waals surface area contributed by atoms with Crippen molar-refractivity contribution < 1.29 is 4.74 Å². The second kappa shape index (κ2) is 5.10. The minimum absolute atomic E-state index is 0.123. The predicted molar refractivity (Wildman–Crippen MR) is 54.8 cm³/mol. The molecule has 1 aliphatic rings. The van der Waals surface area contributed by atoms with E-state index in [0.29, 0.717) is 0 Å². The lowest BCUT2D eigenvalue weighted by molar-refractivity contribution is -0.0164. The highest BCUT2D eigenvalue weighted by molar-refractivity contribution is 7.99. The van der Waals surface area contributed by atoms with Gasteiger partial charge in [-0.25, -0.2) is 0 Å². The van der Waals surface area contributed by atoms with Gasteiger partial charge in [-0.3, -0.25) is 0 Å². The van der Waals surface area contributed by atoms with Crippen molar-refractivity contribution in [3.8, 4) is 0 Å². The van der Waals surface area contributed by atoms with Gasteiger partial charge in [0.2, 0.25) is 0 Å². The number of ether oxygens (including phenoxy) is 1. The number of nitrogens with one attached hydrogen (secondary N) is 1. The van der Waals surface area contributed by atoms with E-state index in [0.717, 1.165) is 6.54 Å². The molecule has 0 aromatic heterocycles. The molecule has 1 saturated heterocycles. The van der Waals surface area contributed by atoms with Gasteiger partial charge in [0, 0.05) is 13.7 Å². The predicted octanol–water partition coefficient (Wildman–Crippen LogP) is 1.51. The number of thioether (sulfide) groups is 1. The minimum atomic E-state index is 0.123. The smallest absolute Gasteiger partial charge is 0.0810 e. The molecule has 0 amide bonds. The molecule has 0 spiro atoms. The van der Waals surface area contributed by atoms with Gasteiger partial charge in [0.15, 0.2) is 0 Å². The molecule has 72 valence electrons. The molecule has 0 saturated carbocycles. The molecular weight excluding hydrogens is 170 g/mol. The largest absolute Gasteiger partial charge is 0.377 e. The average Bonchev–Trinajstić information content (AvgIpc) is 2.32. The highest BCUT2D eigenvalue weighted by atomic mass is 32.2. The summed E-state index contributed by atoms with van der Waals surface area (Å²) in [6.45, 7) is 0.990. The fourth-order valence-electron chi connectivity index (χ4n) is 1.76. The Labute approximate surface area is 79.4 Å². The summed E-state index contributed by atoms with van der Waals surface area (Å²) in [5, 5.41) is 3.22. The van der Waals surface area contributed by atoms with Gasteiger partial charge in [0.05, 0.1) is 5.60 Å². The summed E-state index contributed by atoms with van der Waals surface area (Å²) < 4.78 is 5.62. The molecular formula is C9H19NOS. The average molecular weight is 189 g/mol. The summed E-state index contributed by atoms with van der Waals surface area (Å²) in [7, 11) is 3.84. The van der Waals surface area contributed by atoms with Crippen molar-refractivity contribution in [3.05, 3.63) is 0 Å². The maximum absolute atomic E-state index is 5.62. The highest BCUT2D eigenvalue weighted by Gasteiger charge is 2.29. The van der Waals surface area contributed by atoms with Crippen LogP contribution in [0, 0.1) is 0 Å². The molecule has 1 fully saturated rings. The Bertz CT molecular complexity index is 122. The fraction of sp³-hybridized carbons (Fsp3) is 1.00. The zero-order chi connectivity index (χ0) is 8.86. The Morgan fingerprint density at radius 3 is 2.92 bits per heavy atom. The summed E-state index contributed by atoms with van der Waals surface area (Å²) in [4.78, 5) is 0. The van der Waals surface area contributed by atoms with Crippen LogP contribution >= 0.6 is 11.8 Å². The first-order valence-corrected chi connectivity index (χ1v) is 5.76. The van der Waals surface area contributed by atoms with Gasteiger partial charge >= 0.3 is 0 Å². The molecule has 2 nitrogen and oxygen atoms in total. The van der Waals surface area contributed by atoms with Crippen molar-refractivity contribution >= 4 is 11.8 Å². The van der Waals surface area contributed by atoms with E-state index in [9.17, 15) is 0 Å². The van der Waals surface area contributed by atoms with E-state index in [-0.39, 0.29) is 5.60 Å². The molecule has 0 aliphatic carbocycles. The van der Waals surface area contributed by atoms with Crippen LogP contribution in [-0.2, 0) is 4.74 Å². The number of methoxy groups -OCH3 is 1. The fourth-order valence-corrected chi connectivity index (χ4v) is 2.83. The summed E-state index contributed by atoms with van der Waals surface area (Å²) in [6.07, 6.45) is 3.69. The number of rotatable bonds is 3. The third-order valence-corrected chi connectivity index (χ3v) is 3.63. The van der Waals surface area contributed by atoms with Crippen molar-refractivity contribution in [2.75, 3.05) is 32.2 Å². The number of hydrogen-bond donors (Lipinski definition) is 1. The SMILES string of the molecule is CNCC1(OC)CCCSCC1. The van der Waals surface area contributed by atoms with E-state index in [1.54, 1.807) is 0 Å². The Kier molecular flexibility index (Phi) is 4.40. The number of hydrogen-bond acceptors (Lipinski definition) is 3. The first kappa shape index (κ1) is 10.4. The lowest BCUT2D eigenvalue weighted by atomic mass is 9.94. The summed E-state index contributed by atoms with van der Waals surface area (Å²) in [5.74, 6) is 2.55. The summed E-state index contributed by atoms with van der Waals surface area (Å²) >= 11 is 2.05. The summed E-state index contributed by atoms with van der Waals surface area (Å²) in [5.41, 5.74) is 0.123. The Balaban J connectivity index is 2.48. The van der Waals surface area contributed by atoms with Crippen molar-refractivity contribution in [3.63, 3.8) is 0 Å². The maximum atomic E-state index is 5.62. The molecule has 1 atom stereocenters. The molecule has 1 heterocycles. The lowest BCUT2D eigenvalue weighted by Crippen LogP contribution is -2.41. The topological polar surface area (TPSA) is 21.3 Å². The van der Waals surface area contributed by atoms with Crippen LogP contribution in [0.15, 0.2) is 0 Å². The van der Waals surface area contributed by atoms with Gasteiger partial charge in [-0.15, -0.1) is 0 Å². The molecule has 1 unspecified atom stereocenters. The van der Waals surface area contributed by atoms with Crippen LogP contribution < -0.4 is 5.32 Å². The summed E-state index contributed by atoms with van der Waals surface area (Å²) in [6, 6.07) is 0. The molecule has 3 heteroatoms. The van der Waals surface area contributed by atoms with Crippen LogP contribution in [0.4, 0.5) is 0 Å². The molecule has 0 radical (unpaired) electrons. The van der Waals surface area contributed by atoms with Gasteiger partial charge in [-0.1, -0.05) is 0 Å². The van der Waals surface area contributed by atoms with Crippen LogP contribution in [-0.4, -0.2) is 37.8 Å². The second-order valence-corrected chi connectivity index (χ2v) is 4.61. The monoisotopic (exact) mass is 189 g/mol. The van der Waals surface area contributed by atoms with E-state index in [4.69, 9.17) is 4.74 Å². The molecule has 1 N–H and O–H groups in total. The highest BCUT2D eigenvalue weighted by Crippen LogP contribution is 2.28. The molecule has 1 aliphatic heterocycles. The number of likely N-dealkylation sites (N-methyl/N-ethyl adjacent to an activating group) is 1. The van der Waals surface area contributed by atoms with Crippen LogP contribution in [0.5, 0.6) is 0 Å². The third kappa shape index (κ3) is 2.64. The second-order valence-electron chi connectivity index (χ2n) is 3.38. The van der Waals surface area contributed by atoms with Gasteiger partial charge in [0.25, 0.3) is 0 Å². The Morgan fingerprint density at radius 2 is 2.25 bits per heavy atom. The lowest BCUT2D eigenvalue weighted by Gasteiger charge is -2.30. The van der Waals surface area contributed by atoms with E-state index < -0.39 is 0 Å². The quantitative estimate of drug-likeness (QED) is 0.727. The zero-order valence-electron chi connectivity index (χ0n) is 8.06. The zero-order valence-corrected chi connectivity index (χ0v) is 8.88. The van der Waals surface area contributed by atoms with E-state index in [1.807, 2.05) is 14.2 Å². The van der Waals surface area contributed by atoms with Crippen molar-refractivity contribution in [1.29, 1.82) is 0 Å². The third-order valence-electron chi connectivity index (χ3n) is 2.56. The van der Waals surface area contributed by atoms with Crippen LogP contribution in [0.3, 0.4) is 0 Å². The van der Waals surface area contributed by atoms with E-state index in [2.05, 4.69) is 17.1 Å². The van der Waals surface area contributed by atoms with Gasteiger partial charge in [-0.2, -0.15) is 11.8 Å². The van der Waals surface area contributed by atoms with Crippen molar-refractivity contribution in [2.24, 2.45) is 0 Å². The maximum Gasteiger partial charge on any atom is 0.0810 e.